The fourth-order valence-corrected chi connectivity index (χ4v) is 3.08. The van der Waals surface area contributed by atoms with E-state index in [4.69, 9.17) is 4.74 Å². The van der Waals surface area contributed by atoms with E-state index in [1.54, 1.807) is 48.4 Å². The summed E-state index contributed by atoms with van der Waals surface area (Å²) >= 11 is 0. The predicted octanol–water partition coefficient (Wildman–Crippen LogP) is 0.286. The molecular weight excluding hydrogens is 483 g/mol. The van der Waals surface area contributed by atoms with Crippen LogP contribution in [-0.4, -0.2) is 62.3 Å². The van der Waals surface area contributed by atoms with Gasteiger partial charge in [0.15, 0.2) is 0 Å². The van der Waals surface area contributed by atoms with Crippen molar-refractivity contribution in [3.05, 3.63) is 60.2 Å². The number of aliphatic carboxylic acids is 1. The highest BCUT2D eigenvalue weighted by Gasteiger charge is 2.31. The van der Waals surface area contributed by atoms with Crippen LogP contribution in [0, 0.1) is 0 Å². The third-order valence-electron chi connectivity index (χ3n) is 4.49. The molecule has 0 saturated heterocycles. The number of carbonyl (C=O) groups excluding carboxylic acids is 1. The number of methoxy groups -OCH3 is 1. The summed E-state index contributed by atoms with van der Waals surface area (Å²) in [6.07, 6.45) is 0.406. The lowest BCUT2D eigenvalue weighted by molar-refractivity contribution is -0.870. The Kier molecular flexibility index (Phi) is 9.58. The average molecular weight is 512 g/mol. The third kappa shape index (κ3) is 7.32. The highest BCUT2D eigenvalue weighted by molar-refractivity contribution is 6.07. The average Bonchev–Trinajstić information content (AvgIpc) is 2.66. The van der Waals surface area contributed by atoms with Crippen LogP contribution in [0.2, 0.25) is 0 Å². The van der Waals surface area contributed by atoms with Crippen molar-refractivity contribution in [3.8, 4) is 5.75 Å². The van der Waals surface area contributed by atoms with E-state index in [0.717, 1.165) is 6.54 Å². The number of carboxylic acids is 1. The van der Waals surface area contributed by atoms with Gasteiger partial charge in [0.1, 0.15) is 5.75 Å². The SMILES string of the molecule is COc1ccccc1N(C(=O)c1ccccc1)[C@H](CC[N+](C)(C)C)CC(=O)O.[I-]. The van der Waals surface area contributed by atoms with E-state index < -0.39 is 12.0 Å². The van der Waals surface area contributed by atoms with Crippen LogP contribution >= 0.6 is 0 Å². The van der Waals surface area contributed by atoms with Crippen LogP contribution in [0.15, 0.2) is 54.6 Å². The van der Waals surface area contributed by atoms with Crippen molar-refractivity contribution >= 4 is 17.6 Å². The largest absolute Gasteiger partial charge is 1.00 e. The molecule has 0 aliphatic rings. The number of halogens is 1. The van der Waals surface area contributed by atoms with Crippen LogP contribution in [0.5, 0.6) is 5.75 Å². The van der Waals surface area contributed by atoms with Gasteiger partial charge in [-0.05, 0) is 24.3 Å². The van der Waals surface area contributed by atoms with Gasteiger partial charge in [-0.3, -0.25) is 9.59 Å². The monoisotopic (exact) mass is 512 g/mol. The zero-order valence-electron chi connectivity index (χ0n) is 17.3. The van der Waals surface area contributed by atoms with Gasteiger partial charge in [-0.2, -0.15) is 0 Å². The van der Waals surface area contributed by atoms with Crippen molar-refractivity contribution in [3.63, 3.8) is 0 Å². The van der Waals surface area contributed by atoms with E-state index in [-0.39, 0.29) is 36.3 Å². The number of rotatable bonds is 9. The summed E-state index contributed by atoms with van der Waals surface area (Å²) < 4.78 is 6.14. The molecule has 2 rings (SSSR count). The fourth-order valence-electron chi connectivity index (χ4n) is 3.08. The molecule has 0 spiro atoms. The number of nitrogens with zero attached hydrogens (tertiary/aromatic N) is 2. The van der Waals surface area contributed by atoms with Crippen LogP contribution in [0.1, 0.15) is 23.2 Å². The van der Waals surface area contributed by atoms with Crippen LogP contribution in [-0.2, 0) is 4.79 Å². The number of carboxylic acid groups (broad SMARTS) is 1. The molecule has 0 aromatic heterocycles. The molecule has 0 heterocycles. The Morgan fingerprint density at radius 2 is 1.62 bits per heavy atom. The molecule has 6 nitrogen and oxygen atoms in total. The van der Waals surface area contributed by atoms with Gasteiger partial charge in [-0.25, -0.2) is 0 Å². The number of hydrogen-bond acceptors (Lipinski definition) is 3. The summed E-state index contributed by atoms with van der Waals surface area (Å²) in [5, 5.41) is 9.51. The molecule has 158 valence electrons. The van der Waals surface area contributed by atoms with E-state index in [1.807, 2.05) is 39.3 Å². The molecule has 29 heavy (non-hydrogen) atoms. The van der Waals surface area contributed by atoms with E-state index in [2.05, 4.69) is 0 Å². The molecule has 0 fully saturated rings. The van der Waals surface area contributed by atoms with Crippen LogP contribution in [0.4, 0.5) is 5.69 Å². The van der Waals surface area contributed by atoms with Gasteiger partial charge < -0.3 is 43.2 Å². The third-order valence-corrected chi connectivity index (χ3v) is 4.49. The maximum absolute atomic E-state index is 13.4. The topological polar surface area (TPSA) is 66.8 Å². The maximum atomic E-state index is 13.4. The summed E-state index contributed by atoms with van der Waals surface area (Å²) in [6.45, 7) is 0.728. The molecule has 0 radical (unpaired) electrons. The molecule has 1 atom stereocenters. The van der Waals surface area contributed by atoms with Crippen molar-refractivity contribution in [2.24, 2.45) is 0 Å². The molecule has 0 aliphatic heterocycles. The van der Waals surface area contributed by atoms with Gasteiger partial charge in [0, 0.05) is 12.0 Å². The Bertz CT molecular complexity index is 806. The van der Waals surface area contributed by atoms with Crippen molar-refractivity contribution in [2.45, 2.75) is 18.9 Å². The normalized spacial score (nSPS) is 11.9. The Morgan fingerprint density at radius 3 is 2.17 bits per heavy atom. The molecule has 0 aliphatic carbocycles. The first-order valence-electron chi connectivity index (χ1n) is 9.27. The van der Waals surface area contributed by atoms with Gasteiger partial charge >= 0.3 is 5.97 Å². The number of anilines is 1. The van der Waals surface area contributed by atoms with Crippen molar-refractivity contribution < 1.29 is 47.9 Å². The number of hydrogen-bond donors (Lipinski definition) is 1. The quantitative estimate of drug-likeness (QED) is 0.388. The first-order chi connectivity index (χ1) is 13.2. The summed E-state index contributed by atoms with van der Waals surface area (Å²) in [5.41, 5.74) is 1.08. The summed E-state index contributed by atoms with van der Waals surface area (Å²) in [5.74, 6) is -0.641. The van der Waals surface area contributed by atoms with Crippen LogP contribution in [0.25, 0.3) is 0 Å². The zero-order valence-corrected chi connectivity index (χ0v) is 19.5. The highest BCUT2D eigenvalue weighted by Crippen LogP contribution is 2.32. The lowest BCUT2D eigenvalue weighted by Gasteiger charge is -2.34. The van der Waals surface area contributed by atoms with E-state index in [0.29, 0.717) is 27.9 Å². The molecule has 0 bridgehead atoms. The smallest absolute Gasteiger partial charge is 0.305 e. The van der Waals surface area contributed by atoms with Gasteiger partial charge in [-0.15, -0.1) is 0 Å². The number of ether oxygens (including phenoxy) is 1. The summed E-state index contributed by atoms with van der Waals surface area (Å²) in [7, 11) is 7.68. The molecule has 0 unspecified atom stereocenters. The van der Waals surface area contributed by atoms with Gasteiger partial charge in [0.05, 0.1) is 52.9 Å². The minimum absolute atomic E-state index is 0. The Morgan fingerprint density at radius 1 is 1.03 bits per heavy atom. The summed E-state index contributed by atoms with van der Waals surface area (Å²) in [4.78, 5) is 26.6. The first-order valence-corrected chi connectivity index (χ1v) is 9.27. The molecular formula is C22H29IN2O4. The standard InChI is InChI=1S/C22H28N2O4.HI/c1-24(2,3)15-14-18(16-21(25)26)23(19-12-8-9-13-20(19)28-4)22(27)17-10-6-5-7-11-17;/h5-13,18H,14-16H2,1-4H3;1H/t18-;/m1./s1. The Balaban J connectivity index is 0.00000420. The molecule has 7 heteroatoms. The fraction of sp³-hybridized carbons (Fsp3) is 0.364. The summed E-state index contributed by atoms with van der Waals surface area (Å²) in [6, 6.07) is 15.6. The highest BCUT2D eigenvalue weighted by atomic mass is 127. The van der Waals surface area contributed by atoms with Gasteiger partial charge in [0.2, 0.25) is 0 Å². The molecule has 1 N–H and O–H groups in total. The van der Waals surface area contributed by atoms with Crippen molar-refractivity contribution in [1.29, 1.82) is 0 Å². The second-order valence-electron chi connectivity index (χ2n) is 7.77. The first kappa shape index (κ1) is 24.9. The zero-order chi connectivity index (χ0) is 20.7. The second kappa shape index (κ2) is 11.2. The lowest BCUT2D eigenvalue weighted by Crippen LogP contribution is -3.00. The number of para-hydroxylation sites is 2. The molecule has 0 saturated carbocycles. The van der Waals surface area contributed by atoms with Crippen LogP contribution in [0.3, 0.4) is 0 Å². The maximum Gasteiger partial charge on any atom is 0.305 e. The molecule has 2 aromatic rings. The molecule has 1 amide bonds. The number of quaternary nitrogens is 1. The minimum atomic E-state index is -0.938. The van der Waals surface area contributed by atoms with E-state index in [1.165, 1.54) is 0 Å². The number of carbonyl (C=O) groups is 2. The Labute approximate surface area is 189 Å². The van der Waals surface area contributed by atoms with Gasteiger partial charge in [0.25, 0.3) is 5.91 Å². The Hall–Kier alpha value is -2.13. The van der Waals surface area contributed by atoms with E-state index >= 15 is 0 Å². The number of amides is 1. The second-order valence-corrected chi connectivity index (χ2v) is 7.77. The van der Waals surface area contributed by atoms with Crippen LogP contribution < -0.4 is 33.6 Å². The van der Waals surface area contributed by atoms with Crippen molar-refractivity contribution in [1.82, 2.24) is 0 Å². The van der Waals surface area contributed by atoms with Gasteiger partial charge in [-0.1, -0.05) is 30.3 Å². The number of benzene rings is 2. The predicted molar refractivity (Wildman–Crippen MR) is 110 cm³/mol. The van der Waals surface area contributed by atoms with Crippen molar-refractivity contribution in [2.75, 3.05) is 39.7 Å². The molecule has 2 aromatic carbocycles. The minimum Gasteiger partial charge on any atom is -1.00 e. The van der Waals surface area contributed by atoms with E-state index in [9.17, 15) is 14.7 Å². The lowest BCUT2D eigenvalue weighted by atomic mass is 10.0.